The van der Waals surface area contributed by atoms with E-state index in [-0.39, 0.29) is 5.92 Å². The molecule has 0 aromatic carbocycles. The number of aliphatic imine (C=N–C) groups is 1. The molecule has 1 rings (SSSR count). The van der Waals surface area contributed by atoms with Crippen molar-refractivity contribution in [1.29, 1.82) is 0 Å². The van der Waals surface area contributed by atoms with Crippen molar-refractivity contribution < 1.29 is 9.90 Å². The lowest BCUT2D eigenvalue weighted by atomic mass is 10.0. The Kier molecular flexibility index (Phi) is 1.85. The molecule has 0 radical (unpaired) electrons. The van der Waals surface area contributed by atoms with Gasteiger partial charge in [-0.25, -0.2) is 0 Å². The van der Waals surface area contributed by atoms with E-state index in [1.54, 1.807) is 19.2 Å². The van der Waals surface area contributed by atoms with Crippen LogP contribution in [0.15, 0.2) is 16.8 Å². The third-order valence-electron chi connectivity index (χ3n) is 1.41. The summed E-state index contributed by atoms with van der Waals surface area (Å²) in [5.41, 5.74) is 0.790. The van der Waals surface area contributed by atoms with E-state index in [0.29, 0.717) is 6.42 Å². The smallest absolute Gasteiger partial charge is 0.310 e. The maximum Gasteiger partial charge on any atom is 0.310 e. The van der Waals surface area contributed by atoms with E-state index in [2.05, 4.69) is 4.99 Å². The van der Waals surface area contributed by atoms with Crippen molar-refractivity contribution in [2.45, 2.75) is 13.3 Å². The fourth-order valence-corrected chi connectivity index (χ4v) is 0.885. The number of hydrogen-bond donors (Lipinski definition) is 1. The molecule has 0 fully saturated rings. The molecule has 0 spiro atoms. The van der Waals surface area contributed by atoms with Gasteiger partial charge in [-0.1, -0.05) is 0 Å². The number of rotatable bonds is 1. The molecule has 0 aliphatic carbocycles. The van der Waals surface area contributed by atoms with Crippen LogP contribution in [0.25, 0.3) is 0 Å². The van der Waals surface area contributed by atoms with Crippen LogP contribution in [0, 0.1) is 5.92 Å². The Bertz CT molecular complexity index is 206. The van der Waals surface area contributed by atoms with Gasteiger partial charge in [0.2, 0.25) is 0 Å². The third-order valence-corrected chi connectivity index (χ3v) is 1.41. The Balaban J connectivity index is 2.69. The van der Waals surface area contributed by atoms with E-state index in [9.17, 15) is 4.79 Å². The first-order valence-corrected chi connectivity index (χ1v) is 3.14. The van der Waals surface area contributed by atoms with Crippen molar-refractivity contribution in [2.24, 2.45) is 10.9 Å². The lowest BCUT2D eigenvalue weighted by Gasteiger charge is -2.08. The summed E-state index contributed by atoms with van der Waals surface area (Å²) < 4.78 is 0. The van der Waals surface area contributed by atoms with Gasteiger partial charge in [-0.15, -0.1) is 0 Å². The Hall–Kier alpha value is -1.12. The predicted molar refractivity (Wildman–Crippen MR) is 38.0 cm³/mol. The summed E-state index contributed by atoms with van der Waals surface area (Å²) in [6, 6.07) is 0. The number of nitrogens with zero attached hydrogens (tertiary/aromatic N) is 1. The van der Waals surface area contributed by atoms with Gasteiger partial charge in [-0.2, -0.15) is 0 Å². The van der Waals surface area contributed by atoms with Crippen LogP contribution in [-0.4, -0.2) is 17.3 Å². The Morgan fingerprint density at radius 3 is 3.00 bits per heavy atom. The summed E-state index contributed by atoms with van der Waals surface area (Å²) in [7, 11) is 0. The average molecular weight is 139 g/mol. The highest BCUT2D eigenvalue weighted by atomic mass is 16.4. The van der Waals surface area contributed by atoms with Crippen molar-refractivity contribution >= 4 is 12.2 Å². The minimum Gasteiger partial charge on any atom is -0.481 e. The second kappa shape index (κ2) is 2.64. The van der Waals surface area contributed by atoms with E-state index in [1.165, 1.54) is 0 Å². The van der Waals surface area contributed by atoms with Gasteiger partial charge in [-0.05, 0) is 19.4 Å². The fourth-order valence-electron chi connectivity index (χ4n) is 0.885. The van der Waals surface area contributed by atoms with Crippen LogP contribution in [0.4, 0.5) is 0 Å². The molecule has 1 heterocycles. The van der Waals surface area contributed by atoms with Gasteiger partial charge >= 0.3 is 5.97 Å². The summed E-state index contributed by atoms with van der Waals surface area (Å²) in [4.78, 5) is 14.3. The topological polar surface area (TPSA) is 49.7 Å². The molecule has 1 aliphatic heterocycles. The van der Waals surface area contributed by atoms with E-state index in [0.717, 1.165) is 5.70 Å². The third kappa shape index (κ3) is 1.43. The van der Waals surface area contributed by atoms with Crippen LogP contribution in [0.1, 0.15) is 13.3 Å². The molecule has 1 aliphatic rings. The Labute approximate surface area is 59.1 Å². The minimum atomic E-state index is -0.773. The molecule has 54 valence electrons. The lowest BCUT2D eigenvalue weighted by Crippen LogP contribution is -2.13. The molecule has 0 amide bonds. The first-order chi connectivity index (χ1) is 4.70. The number of hydrogen-bond acceptors (Lipinski definition) is 2. The van der Waals surface area contributed by atoms with Gasteiger partial charge in [0.05, 0.1) is 5.92 Å². The fraction of sp³-hybridized carbons (Fsp3) is 0.429. The maximum atomic E-state index is 10.4. The normalized spacial score (nSPS) is 24.1. The van der Waals surface area contributed by atoms with Crippen molar-refractivity contribution in [3.63, 3.8) is 0 Å². The molecule has 1 atom stereocenters. The van der Waals surface area contributed by atoms with Gasteiger partial charge in [-0.3, -0.25) is 9.79 Å². The van der Waals surface area contributed by atoms with Crippen LogP contribution in [0.5, 0.6) is 0 Å². The largest absolute Gasteiger partial charge is 0.481 e. The highest BCUT2D eigenvalue weighted by Crippen LogP contribution is 2.12. The zero-order chi connectivity index (χ0) is 7.56. The van der Waals surface area contributed by atoms with E-state index < -0.39 is 5.97 Å². The SMILES string of the molecule is CC1=CC(C(=O)O)CC=N1. The van der Waals surface area contributed by atoms with Crippen molar-refractivity contribution in [1.82, 2.24) is 0 Å². The standard InChI is InChI=1S/C7H9NO2/c1-5-4-6(7(9)10)2-3-8-5/h3-4,6H,2H2,1H3,(H,9,10). The zero-order valence-electron chi connectivity index (χ0n) is 5.74. The molecule has 0 aromatic rings. The van der Waals surface area contributed by atoms with Gasteiger partial charge in [0, 0.05) is 11.9 Å². The highest BCUT2D eigenvalue weighted by Gasteiger charge is 2.15. The second-order valence-corrected chi connectivity index (χ2v) is 2.30. The molecule has 0 saturated heterocycles. The van der Waals surface area contributed by atoms with Crippen LogP contribution in [-0.2, 0) is 4.79 Å². The van der Waals surface area contributed by atoms with E-state index in [4.69, 9.17) is 5.11 Å². The molecule has 0 bridgehead atoms. The van der Waals surface area contributed by atoms with Crippen molar-refractivity contribution in [2.75, 3.05) is 0 Å². The van der Waals surface area contributed by atoms with E-state index in [1.807, 2.05) is 0 Å². The van der Waals surface area contributed by atoms with Crippen LogP contribution in [0.2, 0.25) is 0 Å². The molecule has 0 saturated carbocycles. The summed E-state index contributed by atoms with van der Waals surface area (Å²) in [5, 5.41) is 8.55. The molecule has 10 heavy (non-hydrogen) atoms. The van der Waals surface area contributed by atoms with Gasteiger partial charge < -0.3 is 5.11 Å². The zero-order valence-corrected chi connectivity index (χ0v) is 5.74. The predicted octanol–water partition coefficient (Wildman–Crippen LogP) is 1.07. The lowest BCUT2D eigenvalue weighted by molar-refractivity contribution is -0.139. The summed E-state index contributed by atoms with van der Waals surface area (Å²) >= 11 is 0. The minimum absolute atomic E-state index is 0.363. The first-order valence-electron chi connectivity index (χ1n) is 3.14. The van der Waals surface area contributed by atoms with Gasteiger partial charge in [0.25, 0.3) is 0 Å². The molecular formula is C7H9NO2. The van der Waals surface area contributed by atoms with Crippen LogP contribution in [0.3, 0.4) is 0 Å². The Morgan fingerprint density at radius 1 is 1.90 bits per heavy atom. The maximum absolute atomic E-state index is 10.4. The number of carboxylic acids is 1. The van der Waals surface area contributed by atoms with Gasteiger partial charge in [0.1, 0.15) is 0 Å². The first kappa shape index (κ1) is 6.99. The Morgan fingerprint density at radius 2 is 2.60 bits per heavy atom. The molecule has 1 N–H and O–H groups in total. The number of carboxylic acid groups (broad SMARTS) is 1. The highest BCUT2D eigenvalue weighted by molar-refractivity contribution is 5.78. The van der Waals surface area contributed by atoms with Crippen LogP contribution < -0.4 is 0 Å². The molecule has 3 heteroatoms. The van der Waals surface area contributed by atoms with Crippen LogP contribution >= 0.6 is 0 Å². The molecule has 3 nitrogen and oxygen atoms in total. The summed E-state index contributed by atoms with van der Waals surface area (Å²) in [5.74, 6) is -1.14. The van der Waals surface area contributed by atoms with Crippen molar-refractivity contribution in [3.8, 4) is 0 Å². The molecular weight excluding hydrogens is 130 g/mol. The van der Waals surface area contributed by atoms with Gasteiger partial charge in [0.15, 0.2) is 0 Å². The quantitative estimate of drug-likeness (QED) is 0.590. The summed E-state index contributed by atoms with van der Waals surface area (Å²) in [6.45, 7) is 1.80. The monoisotopic (exact) mass is 139 g/mol. The second-order valence-electron chi connectivity index (χ2n) is 2.30. The number of carbonyl (C=O) groups is 1. The molecule has 0 aromatic heterocycles. The number of allylic oxidation sites excluding steroid dienone is 1. The number of aliphatic carboxylic acids is 1. The van der Waals surface area contributed by atoms with E-state index >= 15 is 0 Å². The molecule has 1 unspecified atom stereocenters. The summed E-state index contributed by atoms with van der Waals surface area (Å²) in [6.07, 6.45) is 3.84. The van der Waals surface area contributed by atoms with Crippen molar-refractivity contribution in [3.05, 3.63) is 11.8 Å². The average Bonchev–Trinajstić information content (AvgIpc) is 1.88.